The van der Waals surface area contributed by atoms with Crippen LogP contribution in [0.25, 0.3) is 28.2 Å². The molecule has 0 unspecified atom stereocenters. The molecule has 6 rings (SSSR count). The van der Waals surface area contributed by atoms with E-state index in [0.29, 0.717) is 0 Å². The standard InChI is InChI=1S/C24H21FN6/c25-19-5-3-17(4-6-19)23-24(18-9-11-26-12-10-18)31-21(27-23)7-8-22(28-31)30-15-14-29-13-1-2-20(29)16-30/h2-12H,1,13-16H2. The fourth-order valence-electron chi connectivity index (χ4n) is 4.46. The van der Waals surface area contributed by atoms with Gasteiger partial charge in [-0.15, -0.1) is 5.10 Å². The van der Waals surface area contributed by atoms with Crippen LogP contribution in [0.1, 0.15) is 6.42 Å². The van der Waals surface area contributed by atoms with E-state index in [0.717, 1.165) is 66.6 Å². The molecule has 0 amide bonds. The highest BCUT2D eigenvalue weighted by molar-refractivity contribution is 5.81. The van der Waals surface area contributed by atoms with Crippen LogP contribution in [0.2, 0.25) is 0 Å². The number of aromatic nitrogens is 4. The predicted molar refractivity (Wildman–Crippen MR) is 118 cm³/mol. The van der Waals surface area contributed by atoms with Crippen molar-refractivity contribution in [3.63, 3.8) is 0 Å². The maximum atomic E-state index is 13.5. The summed E-state index contributed by atoms with van der Waals surface area (Å²) in [7, 11) is 0. The second-order valence-corrected chi connectivity index (χ2v) is 7.91. The second-order valence-electron chi connectivity index (χ2n) is 7.91. The van der Waals surface area contributed by atoms with Crippen molar-refractivity contribution >= 4 is 11.5 Å². The first kappa shape index (κ1) is 18.1. The maximum Gasteiger partial charge on any atom is 0.155 e. The van der Waals surface area contributed by atoms with Gasteiger partial charge in [-0.3, -0.25) is 4.98 Å². The van der Waals surface area contributed by atoms with Crippen LogP contribution in [0.4, 0.5) is 10.2 Å². The molecule has 0 N–H and O–H groups in total. The Kier molecular flexibility index (Phi) is 4.19. The van der Waals surface area contributed by atoms with Crippen LogP contribution in [0.3, 0.4) is 0 Å². The summed E-state index contributed by atoms with van der Waals surface area (Å²) >= 11 is 0. The summed E-state index contributed by atoms with van der Waals surface area (Å²) in [6, 6.07) is 14.4. The number of piperazine rings is 1. The lowest BCUT2D eigenvalue weighted by atomic mass is 10.1. The number of fused-ring (bicyclic) bond motifs is 2. The molecule has 0 spiro atoms. The van der Waals surface area contributed by atoms with E-state index in [2.05, 4.69) is 20.9 Å². The minimum absolute atomic E-state index is 0.265. The molecule has 4 aromatic rings. The Labute approximate surface area is 179 Å². The number of halogens is 1. The zero-order valence-corrected chi connectivity index (χ0v) is 16.9. The molecule has 0 radical (unpaired) electrons. The summed E-state index contributed by atoms with van der Waals surface area (Å²) in [5.74, 6) is 0.664. The summed E-state index contributed by atoms with van der Waals surface area (Å²) in [6.45, 7) is 3.97. The Morgan fingerprint density at radius 2 is 1.61 bits per heavy atom. The van der Waals surface area contributed by atoms with E-state index in [1.54, 1.807) is 24.5 Å². The van der Waals surface area contributed by atoms with E-state index < -0.39 is 0 Å². The van der Waals surface area contributed by atoms with Crippen molar-refractivity contribution in [2.45, 2.75) is 6.42 Å². The normalized spacial score (nSPS) is 16.0. The SMILES string of the molecule is Fc1ccc(-c2nc3ccc(N4CCN5CCC=C5C4)nn3c2-c2ccncc2)cc1. The first-order valence-corrected chi connectivity index (χ1v) is 10.5. The number of imidazole rings is 1. The van der Waals surface area contributed by atoms with E-state index in [1.807, 2.05) is 28.8 Å². The van der Waals surface area contributed by atoms with Crippen LogP contribution >= 0.6 is 0 Å². The van der Waals surface area contributed by atoms with Gasteiger partial charge < -0.3 is 9.80 Å². The average molecular weight is 412 g/mol. The number of anilines is 1. The highest BCUT2D eigenvalue weighted by Gasteiger charge is 2.25. The molecular weight excluding hydrogens is 391 g/mol. The van der Waals surface area contributed by atoms with Gasteiger partial charge in [0.15, 0.2) is 5.65 Å². The lowest BCUT2D eigenvalue weighted by molar-refractivity contribution is 0.347. The monoisotopic (exact) mass is 412 g/mol. The molecule has 1 fully saturated rings. The van der Waals surface area contributed by atoms with Crippen molar-refractivity contribution in [2.24, 2.45) is 0 Å². The van der Waals surface area contributed by atoms with Crippen LogP contribution in [0.5, 0.6) is 0 Å². The molecule has 0 atom stereocenters. The summed E-state index contributed by atoms with van der Waals surface area (Å²) in [6.07, 6.45) is 6.99. The number of benzene rings is 1. The number of hydrogen-bond acceptors (Lipinski definition) is 5. The van der Waals surface area contributed by atoms with Crippen LogP contribution in [-0.2, 0) is 0 Å². The van der Waals surface area contributed by atoms with Crippen LogP contribution in [0, 0.1) is 5.82 Å². The Hall–Kier alpha value is -3.74. The average Bonchev–Trinajstić information content (AvgIpc) is 3.43. The minimum atomic E-state index is -0.265. The number of pyridine rings is 1. The summed E-state index contributed by atoms with van der Waals surface area (Å²) < 4.78 is 15.4. The number of rotatable bonds is 3. The first-order chi connectivity index (χ1) is 15.3. The van der Waals surface area contributed by atoms with Gasteiger partial charge in [-0.1, -0.05) is 6.08 Å². The van der Waals surface area contributed by atoms with Crippen molar-refractivity contribution in [3.8, 4) is 22.5 Å². The Bertz CT molecular complexity index is 1280. The van der Waals surface area contributed by atoms with Crippen molar-refractivity contribution in [3.05, 3.63) is 78.5 Å². The largest absolute Gasteiger partial charge is 0.372 e. The van der Waals surface area contributed by atoms with Crippen LogP contribution in [0.15, 0.2) is 72.7 Å². The lowest BCUT2D eigenvalue weighted by Crippen LogP contribution is -2.43. The van der Waals surface area contributed by atoms with Crippen molar-refractivity contribution in [2.75, 3.05) is 31.1 Å². The van der Waals surface area contributed by atoms with E-state index in [4.69, 9.17) is 10.1 Å². The second kappa shape index (κ2) is 7.19. The maximum absolute atomic E-state index is 13.5. The molecule has 0 saturated carbocycles. The van der Waals surface area contributed by atoms with E-state index in [-0.39, 0.29) is 5.82 Å². The van der Waals surface area contributed by atoms with Gasteiger partial charge in [0.25, 0.3) is 0 Å². The van der Waals surface area contributed by atoms with Gasteiger partial charge in [0.1, 0.15) is 17.3 Å². The Morgan fingerprint density at radius 1 is 0.806 bits per heavy atom. The molecule has 0 bridgehead atoms. The lowest BCUT2D eigenvalue weighted by Gasteiger charge is -2.36. The quantitative estimate of drug-likeness (QED) is 0.509. The van der Waals surface area contributed by atoms with Gasteiger partial charge in [0.2, 0.25) is 0 Å². The fourth-order valence-corrected chi connectivity index (χ4v) is 4.46. The Morgan fingerprint density at radius 3 is 2.45 bits per heavy atom. The zero-order chi connectivity index (χ0) is 20.8. The minimum Gasteiger partial charge on any atom is -0.372 e. The van der Waals surface area contributed by atoms with Crippen molar-refractivity contribution in [1.29, 1.82) is 0 Å². The predicted octanol–water partition coefficient (Wildman–Crippen LogP) is 4.01. The van der Waals surface area contributed by atoms with Gasteiger partial charge in [0.05, 0.1) is 12.2 Å². The van der Waals surface area contributed by atoms with Crippen LogP contribution in [-0.4, -0.2) is 50.7 Å². The summed E-state index contributed by atoms with van der Waals surface area (Å²) in [4.78, 5) is 13.8. The molecule has 6 nitrogen and oxygen atoms in total. The highest BCUT2D eigenvalue weighted by Crippen LogP contribution is 2.33. The van der Waals surface area contributed by atoms with Crippen molar-refractivity contribution in [1.82, 2.24) is 24.5 Å². The van der Waals surface area contributed by atoms with E-state index >= 15 is 0 Å². The fraction of sp³-hybridized carbons (Fsp3) is 0.208. The molecule has 7 heteroatoms. The third-order valence-electron chi connectivity index (χ3n) is 6.04. The molecule has 2 aliphatic heterocycles. The highest BCUT2D eigenvalue weighted by atomic mass is 19.1. The van der Waals surface area contributed by atoms with E-state index in [1.165, 1.54) is 17.8 Å². The molecule has 2 aliphatic rings. The molecular formula is C24H21FN6. The van der Waals surface area contributed by atoms with Gasteiger partial charge >= 0.3 is 0 Å². The Balaban J connectivity index is 1.49. The van der Waals surface area contributed by atoms with E-state index in [9.17, 15) is 4.39 Å². The molecule has 1 saturated heterocycles. The number of nitrogens with zero attached hydrogens (tertiary/aromatic N) is 6. The van der Waals surface area contributed by atoms with Gasteiger partial charge in [-0.05, 0) is 55.0 Å². The summed E-state index contributed by atoms with van der Waals surface area (Å²) in [5.41, 5.74) is 5.62. The van der Waals surface area contributed by atoms with Gasteiger partial charge in [-0.2, -0.15) is 0 Å². The topological polar surface area (TPSA) is 49.6 Å². The van der Waals surface area contributed by atoms with Gasteiger partial charge in [-0.25, -0.2) is 13.9 Å². The molecule has 5 heterocycles. The molecule has 3 aromatic heterocycles. The first-order valence-electron chi connectivity index (χ1n) is 10.5. The van der Waals surface area contributed by atoms with Gasteiger partial charge in [0, 0.05) is 48.9 Å². The van der Waals surface area contributed by atoms with Crippen molar-refractivity contribution < 1.29 is 4.39 Å². The summed E-state index contributed by atoms with van der Waals surface area (Å²) in [5, 5.41) is 4.99. The van der Waals surface area contributed by atoms with Crippen LogP contribution < -0.4 is 4.90 Å². The smallest absolute Gasteiger partial charge is 0.155 e. The third-order valence-corrected chi connectivity index (χ3v) is 6.04. The third kappa shape index (κ3) is 3.13. The number of hydrogen-bond donors (Lipinski definition) is 0. The zero-order valence-electron chi connectivity index (χ0n) is 16.9. The molecule has 1 aromatic carbocycles. The molecule has 0 aliphatic carbocycles. The molecule has 31 heavy (non-hydrogen) atoms. The molecule has 154 valence electrons.